The first-order valence-electron chi connectivity index (χ1n) is 12.1. The summed E-state index contributed by atoms with van der Waals surface area (Å²) >= 11 is 0. The van der Waals surface area contributed by atoms with Crippen LogP contribution >= 0.6 is 0 Å². The molecule has 0 aliphatic carbocycles. The maximum atomic E-state index is 9.83. The molecular weight excluding hydrogens is 368 g/mol. The Hall–Kier alpha value is -0.460. The summed E-state index contributed by atoms with van der Waals surface area (Å²) in [4.78, 5) is 0. The quantitative estimate of drug-likeness (QED) is 0.214. The third kappa shape index (κ3) is 12.7. The normalized spacial score (nSPS) is 23.2. The smallest absolute Gasteiger partial charge is 0.114 e. The maximum absolute atomic E-state index is 9.83. The molecule has 1 saturated heterocycles. The van der Waals surface area contributed by atoms with Gasteiger partial charge in [0.25, 0.3) is 0 Å². The number of unbranched alkanes of at least 4 members (excludes halogenated alkanes) is 12. The van der Waals surface area contributed by atoms with Gasteiger partial charge >= 0.3 is 0 Å². The van der Waals surface area contributed by atoms with Crippen LogP contribution in [0.2, 0.25) is 0 Å². The van der Waals surface area contributed by atoms with Crippen molar-refractivity contribution in [2.24, 2.45) is 0 Å². The van der Waals surface area contributed by atoms with Crippen molar-refractivity contribution in [3.63, 3.8) is 0 Å². The number of allylic oxidation sites excluding steroid dienone is 2. The first-order chi connectivity index (χ1) is 14.2. The van der Waals surface area contributed by atoms with Crippen molar-refractivity contribution >= 4 is 0 Å². The van der Waals surface area contributed by atoms with E-state index in [0.29, 0.717) is 6.61 Å². The largest absolute Gasteiger partial charge is 0.394 e. The molecule has 0 radical (unpaired) electrons. The van der Waals surface area contributed by atoms with Crippen LogP contribution in [0.1, 0.15) is 96.8 Å². The Morgan fingerprint density at radius 3 is 1.93 bits per heavy atom. The van der Waals surface area contributed by atoms with E-state index in [-0.39, 0.29) is 13.2 Å². The van der Waals surface area contributed by atoms with Gasteiger partial charge in [0, 0.05) is 6.61 Å². The van der Waals surface area contributed by atoms with Crippen LogP contribution in [-0.2, 0) is 9.47 Å². The van der Waals surface area contributed by atoms with Gasteiger partial charge in [0.2, 0.25) is 0 Å². The zero-order chi connectivity index (χ0) is 21.2. The molecule has 0 aromatic rings. The molecule has 0 aromatic heterocycles. The SMILES string of the molecule is CCCCCC/C=C/CCCCCCCCCCO[C@@H](CO)[C@H]1OC[C@@H](O)[C@H]1O. The van der Waals surface area contributed by atoms with Gasteiger partial charge < -0.3 is 24.8 Å². The van der Waals surface area contributed by atoms with Gasteiger partial charge in [-0.1, -0.05) is 76.9 Å². The Labute approximate surface area is 178 Å². The molecule has 0 amide bonds. The number of rotatable bonds is 19. The lowest BCUT2D eigenvalue weighted by molar-refractivity contribution is -0.101. The number of ether oxygens (including phenoxy) is 2. The molecule has 0 aromatic carbocycles. The molecule has 1 heterocycles. The Kier molecular flexibility index (Phi) is 16.8. The highest BCUT2D eigenvalue weighted by molar-refractivity contribution is 4.88. The first-order valence-corrected chi connectivity index (χ1v) is 12.1. The fraction of sp³-hybridized carbons (Fsp3) is 0.917. The monoisotopic (exact) mass is 414 g/mol. The zero-order valence-corrected chi connectivity index (χ0v) is 18.6. The number of aliphatic hydroxyl groups is 3. The molecule has 4 atom stereocenters. The molecule has 3 N–H and O–H groups in total. The first kappa shape index (κ1) is 26.6. The van der Waals surface area contributed by atoms with Crippen molar-refractivity contribution in [3.8, 4) is 0 Å². The summed E-state index contributed by atoms with van der Waals surface area (Å²) in [5.74, 6) is 0. The van der Waals surface area contributed by atoms with Crippen LogP contribution in [0.5, 0.6) is 0 Å². The molecule has 0 unspecified atom stereocenters. The maximum Gasteiger partial charge on any atom is 0.114 e. The van der Waals surface area contributed by atoms with Gasteiger partial charge in [-0.2, -0.15) is 0 Å². The lowest BCUT2D eigenvalue weighted by Crippen LogP contribution is -2.42. The van der Waals surface area contributed by atoms with Gasteiger partial charge in [0.05, 0.1) is 13.2 Å². The molecule has 1 rings (SSSR count). The van der Waals surface area contributed by atoms with Crippen LogP contribution in [0.15, 0.2) is 12.2 Å². The van der Waals surface area contributed by atoms with Crippen molar-refractivity contribution in [2.45, 2.75) is 121 Å². The van der Waals surface area contributed by atoms with Crippen molar-refractivity contribution in [2.75, 3.05) is 19.8 Å². The van der Waals surface area contributed by atoms with E-state index in [1.54, 1.807) is 0 Å². The average molecular weight is 415 g/mol. The van der Waals surface area contributed by atoms with Crippen molar-refractivity contribution < 1.29 is 24.8 Å². The van der Waals surface area contributed by atoms with Gasteiger partial charge in [-0.25, -0.2) is 0 Å². The molecule has 0 saturated carbocycles. The van der Waals surface area contributed by atoms with E-state index in [0.717, 1.165) is 12.8 Å². The second kappa shape index (κ2) is 18.3. The van der Waals surface area contributed by atoms with Gasteiger partial charge in [-0.15, -0.1) is 0 Å². The van der Waals surface area contributed by atoms with Gasteiger partial charge in [0.1, 0.15) is 24.4 Å². The van der Waals surface area contributed by atoms with E-state index >= 15 is 0 Å². The minimum atomic E-state index is -0.978. The van der Waals surface area contributed by atoms with Crippen LogP contribution in [0.3, 0.4) is 0 Å². The highest BCUT2D eigenvalue weighted by Crippen LogP contribution is 2.20. The summed E-state index contributed by atoms with van der Waals surface area (Å²) in [6, 6.07) is 0. The fourth-order valence-electron chi connectivity index (χ4n) is 3.79. The Morgan fingerprint density at radius 1 is 0.862 bits per heavy atom. The molecule has 0 bridgehead atoms. The highest BCUT2D eigenvalue weighted by atomic mass is 16.6. The van der Waals surface area contributed by atoms with Crippen LogP contribution in [0, 0.1) is 0 Å². The fourth-order valence-corrected chi connectivity index (χ4v) is 3.79. The summed E-state index contributed by atoms with van der Waals surface area (Å²) in [6.07, 6.45) is 19.4. The number of hydrogen-bond donors (Lipinski definition) is 3. The summed E-state index contributed by atoms with van der Waals surface area (Å²) in [7, 11) is 0. The summed E-state index contributed by atoms with van der Waals surface area (Å²) in [5, 5.41) is 28.8. The molecule has 172 valence electrons. The Bertz CT molecular complexity index is 387. The number of hydrogen-bond acceptors (Lipinski definition) is 5. The number of aliphatic hydroxyl groups excluding tert-OH is 3. The standard InChI is InChI=1S/C24H46O5/c1-2-3-4-5-6-7-8-9-10-11-12-13-14-15-16-17-18-28-22(19-25)24-23(27)21(26)20-29-24/h7-8,21-27H,2-6,9-20H2,1H3/b8-7+/t21-,22+,23-,24-/m1/s1. The lowest BCUT2D eigenvalue weighted by atomic mass is 10.1. The van der Waals surface area contributed by atoms with Crippen LogP contribution < -0.4 is 0 Å². The summed E-state index contributed by atoms with van der Waals surface area (Å²) < 4.78 is 11.0. The van der Waals surface area contributed by atoms with E-state index in [1.807, 2.05) is 0 Å². The van der Waals surface area contributed by atoms with Crippen molar-refractivity contribution in [1.29, 1.82) is 0 Å². The molecular formula is C24H46O5. The Balaban J connectivity index is 1.84. The average Bonchev–Trinajstić information content (AvgIpc) is 3.06. The molecule has 5 heteroatoms. The van der Waals surface area contributed by atoms with E-state index in [4.69, 9.17) is 9.47 Å². The third-order valence-electron chi connectivity index (χ3n) is 5.72. The molecule has 5 nitrogen and oxygen atoms in total. The van der Waals surface area contributed by atoms with Gasteiger partial charge in [-0.05, 0) is 32.1 Å². The highest BCUT2D eigenvalue weighted by Gasteiger charge is 2.40. The van der Waals surface area contributed by atoms with Crippen molar-refractivity contribution in [3.05, 3.63) is 12.2 Å². The summed E-state index contributed by atoms with van der Waals surface area (Å²) in [5.41, 5.74) is 0. The van der Waals surface area contributed by atoms with Crippen LogP contribution in [0.4, 0.5) is 0 Å². The van der Waals surface area contributed by atoms with E-state index in [2.05, 4.69) is 19.1 Å². The van der Waals surface area contributed by atoms with Crippen LogP contribution in [-0.4, -0.2) is 59.6 Å². The zero-order valence-electron chi connectivity index (χ0n) is 18.6. The second-order valence-corrected chi connectivity index (χ2v) is 8.39. The van der Waals surface area contributed by atoms with E-state index in [9.17, 15) is 15.3 Å². The molecule has 1 aliphatic rings. The minimum absolute atomic E-state index is 0.0982. The lowest BCUT2D eigenvalue weighted by Gasteiger charge is -2.24. The van der Waals surface area contributed by atoms with Crippen molar-refractivity contribution in [1.82, 2.24) is 0 Å². The van der Waals surface area contributed by atoms with E-state index in [1.165, 1.54) is 77.0 Å². The van der Waals surface area contributed by atoms with Crippen LogP contribution in [0.25, 0.3) is 0 Å². The molecule has 29 heavy (non-hydrogen) atoms. The Morgan fingerprint density at radius 2 is 1.41 bits per heavy atom. The molecule has 1 fully saturated rings. The van der Waals surface area contributed by atoms with E-state index < -0.39 is 24.4 Å². The van der Waals surface area contributed by atoms with Gasteiger partial charge in [0.15, 0.2) is 0 Å². The minimum Gasteiger partial charge on any atom is -0.394 e. The molecule has 0 spiro atoms. The molecule has 1 aliphatic heterocycles. The summed E-state index contributed by atoms with van der Waals surface area (Å²) in [6.45, 7) is 2.70. The predicted molar refractivity (Wildman–Crippen MR) is 118 cm³/mol. The topological polar surface area (TPSA) is 79.2 Å². The van der Waals surface area contributed by atoms with Gasteiger partial charge in [-0.3, -0.25) is 0 Å². The third-order valence-corrected chi connectivity index (χ3v) is 5.72. The second-order valence-electron chi connectivity index (χ2n) is 8.39. The predicted octanol–water partition coefficient (Wildman–Crippen LogP) is 4.52.